The lowest BCUT2D eigenvalue weighted by molar-refractivity contribution is -0.145. The number of nitrogens with zero attached hydrogens (tertiary/aromatic N) is 4. The number of hydrogen-bond acceptors (Lipinski definition) is 5. The third kappa shape index (κ3) is 3.42. The molecule has 4 rings (SSSR count). The molecular weight excluding hydrogens is 356 g/mol. The quantitative estimate of drug-likeness (QED) is 0.777. The molecule has 0 bridgehead atoms. The molecule has 4 heterocycles. The summed E-state index contributed by atoms with van der Waals surface area (Å²) < 4.78 is 5.43. The number of carbonyl (C=O) groups excluding carboxylic acids is 2. The Bertz CT molecular complexity index is 732. The van der Waals surface area contributed by atoms with Crippen molar-refractivity contribution in [2.45, 2.75) is 38.8 Å². The summed E-state index contributed by atoms with van der Waals surface area (Å²) in [7, 11) is 0. The van der Waals surface area contributed by atoms with Crippen LogP contribution >= 0.6 is 0 Å². The summed E-state index contributed by atoms with van der Waals surface area (Å²) in [4.78, 5) is 36.8. The fourth-order valence-corrected chi connectivity index (χ4v) is 4.80. The van der Waals surface area contributed by atoms with Gasteiger partial charge in [-0.3, -0.25) is 19.5 Å². The number of ether oxygens (including phenoxy) is 1. The number of aromatic nitrogens is 1. The molecule has 28 heavy (non-hydrogen) atoms. The van der Waals surface area contributed by atoms with Crippen LogP contribution < -0.4 is 0 Å². The number of likely N-dealkylation sites (tertiary alicyclic amines) is 2. The summed E-state index contributed by atoms with van der Waals surface area (Å²) in [5, 5.41) is 0. The van der Waals surface area contributed by atoms with Gasteiger partial charge in [0.25, 0.3) is 0 Å². The van der Waals surface area contributed by atoms with E-state index >= 15 is 0 Å². The average molecular weight is 386 g/mol. The summed E-state index contributed by atoms with van der Waals surface area (Å²) in [6.07, 6.45) is 3.34. The van der Waals surface area contributed by atoms with Crippen LogP contribution in [0.5, 0.6) is 0 Å². The Morgan fingerprint density at radius 1 is 1.18 bits per heavy atom. The van der Waals surface area contributed by atoms with Crippen LogP contribution in [0.2, 0.25) is 0 Å². The van der Waals surface area contributed by atoms with Gasteiger partial charge in [-0.25, -0.2) is 0 Å². The van der Waals surface area contributed by atoms with Gasteiger partial charge in [0.1, 0.15) is 0 Å². The Kier molecular flexibility index (Phi) is 5.14. The lowest BCUT2D eigenvalue weighted by Gasteiger charge is -2.41. The second kappa shape index (κ2) is 7.44. The van der Waals surface area contributed by atoms with Crippen molar-refractivity contribution in [1.29, 1.82) is 0 Å². The molecule has 3 aliphatic rings. The predicted octanol–water partition coefficient (Wildman–Crippen LogP) is 1.14. The maximum atomic E-state index is 13.3. The summed E-state index contributed by atoms with van der Waals surface area (Å²) in [5.41, 5.74) is -0.0665. The van der Waals surface area contributed by atoms with Gasteiger partial charge in [0, 0.05) is 38.9 Å². The molecule has 1 aromatic heterocycles. The predicted molar refractivity (Wildman–Crippen MR) is 104 cm³/mol. The van der Waals surface area contributed by atoms with Gasteiger partial charge in [0.05, 0.1) is 36.4 Å². The first-order chi connectivity index (χ1) is 13.4. The molecule has 1 unspecified atom stereocenters. The minimum absolute atomic E-state index is 0.127. The van der Waals surface area contributed by atoms with Crippen molar-refractivity contribution in [3.8, 4) is 0 Å². The number of hydrogen-bond donors (Lipinski definition) is 0. The maximum absolute atomic E-state index is 13.3. The first kappa shape index (κ1) is 19.3. The van der Waals surface area contributed by atoms with E-state index < -0.39 is 11.0 Å². The smallest absolute Gasteiger partial charge is 0.242 e. The number of amides is 2. The van der Waals surface area contributed by atoms with Crippen molar-refractivity contribution in [3.63, 3.8) is 0 Å². The Balaban J connectivity index is 1.41. The van der Waals surface area contributed by atoms with Crippen LogP contribution in [-0.4, -0.2) is 83.0 Å². The average Bonchev–Trinajstić information content (AvgIpc) is 3.28. The standard InChI is InChI=1S/C21H30N4O3/c1-20(2,25-11-13-28-14-12-25)18(26)24-10-7-21(16-24)6-9-23(19(21)27)15-17-5-3-4-8-22-17/h3-5,8H,6-7,9-16H2,1-2H3. The Labute approximate surface area is 166 Å². The second-order valence-corrected chi connectivity index (χ2v) is 8.71. The Hall–Kier alpha value is -1.99. The molecule has 2 amide bonds. The van der Waals surface area contributed by atoms with Crippen molar-refractivity contribution in [3.05, 3.63) is 30.1 Å². The molecule has 7 heteroatoms. The van der Waals surface area contributed by atoms with E-state index in [4.69, 9.17) is 4.74 Å². The van der Waals surface area contributed by atoms with Crippen molar-refractivity contribution in [2.75, 3.05) is 45.9 Å². The summed E-state index contributed by atoms with van der Waals surface area (Å²) >= 11 is 0. The van der Waals surface area contributed by atoms with E-state index in [-0.39, 0.29) is 11.8 Å². The zero-order valence-corrected chi connectivity index (χ0v) is 16.9. The third-order valence-electron chi connectivity index (χ3n) is 6.65. The summed E-state index contributed by atoms with van der Waals surface area (Å²) in [6.45, 7) is 9.36. The third-order valence-corrected chi connectivity index (χ3v) is 6.65. The van der Waals surface area contributed by atoms with E-state index in [1.165, 1.54) is 0 Å². The molecular formula is C21H30N4O3. The van der Waals surface area contributed by atoms with Crippen LogP contribution in [0.15, 0.2) is 24.4 Å². The molecule has 0 radical (unpaired) electrons. The van der Waals surface area contributed by atoms with E-state index in [2.05, 4.69) is 9.88 Å². The molecule has 3 aliphatic heterocycles. The monoisotopic (exact) mass is 386 g/mol. The van der Waals surface area contributed by atoms with E-state index in [9.17, 15) is 9.59 Å². The highest BCUT2D eigenvalue weighted by Crippen LogP contribution is 2.42. The molecule has 1 spiro atoms. The minimum Gasteiger partial charge on any atom is -0.379 e. The van der Waals surface area contributed by atoms with Crippen LogP contribution in [-0.2, 0) is 20.9 Å². The Morgan fingerprint density at radius 3 is 2.64 bits per heavy atom. The van der Waals surface area contributed by atoms with E-state index in [0.717, 1.165) is 38.2 Å². The molecule has 0 N–H and O–H groups in total. The van der Waals surface area contributed by atoms with Gasteiger partial charge in [-0.15, -0.1) is 0 Å². The molecule has 7 nitrogen and oxygen atoms in total. The first-order valence-electron chi connectivity index (χ1n) is 10.2. The minimum atomic E-state index is -0.565. The molecule has 0 aromatic carbocycles. The zero-order valence-electron chi connectivity index (χ0n) is 16.9. The molecule has 1 atom stereocenters. The van der Waals surface area contributed by atoms with Crippen LogP contribution in [0.1, 0.15) is 32.4 Å². The largest absolute Gasteiger partial charge is 0.379 e. The fourth-order valence-electron chi connectivity index (χ4n) is 4.80. The lowest BCUT2D eigenvalue weighted by atomic mass is 9.85. The topological polar surface area (TPSA) is 66.0 Å². The number of pyridine rings is 1. The van der Waals surface area contributed by atoms with Crippen LogP contribution in [0.3, 0.4) is 0 Å². The Morgan fingerprint density at radius 2 is 1.93 bits per heavy atom. The number of carbonyl (C=O) groups is 2. The maximum Gasteiger partial charge on any atom is 0.242 e. The van der Waals surface area contributed by atoms with Crippen molar-refractivity contribution >= 4 is 11.8 Å². The highest BCUT2D eigenvalue weighted by molar-refractivity contribution is 5.89. The highest BCUT2D eigenvalue weighted by atomic mass is 16.5. The van der Waals surface area contributed by atoms with Crippen LogP contribution in [0.25, 0.3) is 0 Å². The van der Waals surface area contributed by atoms with Crippen molar-refractivity contribution in [1.82, 2.24) is 19.7 Å². The lowest BCUT2D eigenvalue weighted by Crippen LogP contribution is -2.58. The molecule has 3 fully saturated rings. The molecule has 1 aromatic rings. The SMILES string of the molecule is CC(C)(C(=O)N1CCC2(CCN(Cc3ccccn3)C2=O)C1)N1CCOCC1. The van der Waals surface area contributed by atoms with Gasteiger partial charge in [0.2, 0.25) is 11.8 Å². The number of rotatable bonds is 4. The zero-order chi connectivity index (χ0) is 19.8. The summed E-state index contributed by atoms with van der Waals surface area (Å²) in [6, 6.07) is 5.78. The van der Waals surface area contributed by atoms with Gasteiger partial charge in [0.15, 0.2) is 0 Å². The highest BCUT2D eigenvalue weighted by Gasteiger charge is 2.53. The van der Waals surface area contributed by atoms with Crippen LogP contribution in [0.4, 0.5) is 0 Å². The van der Waals surface area contributed by atoms with Gasteiger partial charge >= 0.3 is 0 Å². The number of morpholine rings is 1. The van der Waals surface area contributed by atoms with Gasteiger partial charge < -0.3 is 14.5 Å². The first-order valence-corrected chi connectivity index (χ1v) is 10.2. The molecule has 0 saturated carbocycles. The van der Waals surface area contributed by atoms with Gasteiger partial charge in [-0.05, 0) is 38.8 Å². The van der Waals surface area contributed by atoms with Crippen molar-refractivity contribution in [2.24, 2.45) is 5.41 Å². The summed E-state index contributed by atoms with van der Waals surface area (Å²) in [5.74, 6) is 0.305. The fraction of sp³-hybridized carbons (Fsp3) is 0.667. The van der Waals surface area contributed by atoms with Gasteiger partial charge in [-0.1, -0.05) is 6.07 Å². The van der Waals surface area contributed by atoms with E-state index in [1.54, 1.807) is 6.20 Å². The van der Waals surface area contributed by atoms with E-state index in [1.807, 2.05) is 41.8 Å². The molecule has 3 saturated heterocycles. The van der Waals surface area contributed by atoms with Gasteiger partial charge in [-0.2, -0.15) is 0 Å². The molecule has 0 aliphatic carbocycles. The molecule has 152 valence electrons. The van der Waals surface area contributed by atoms with Crippen molar-refractivity contribution < 1.29 is 14.3 Å². The second-order valence-electron chi connectivity index (χ2n) is 8.71. The normalized spacial score (nSPS) is 26.4. The van der Waals surface area contributed by atoms with E-state index in [0.29, 0.717) is 32.8 Å². The van der Waals surface area contributed by atoms with Crippen LogP contribution in [0, 0.1) is 5.41 Å².